The van der Waals surface area contributed by atoms with Gasteiger partial charge in [0, 0.05) is 37.1 Å². The third-order valence-corrected chi connectivity index (χ3v) is 5.13. The van der Waals surface area contributed by atoms with Crippen LogP contribution in [0.4, 0.5) is 0 Å². The number of carbonyl (C=O) groups is 1. The van der Waals surface area contributed by atoms with Crippen molar-refractivity contribution in [2.75, 3.05) is 13.1 Å². The molecule has 2 aromatic heterocycles. The van der Waals surface area contributed by atoms with E-state index in [1.54, 1.807) is 0 Å². The lowest BCUT2D eigenvalue weighted by molar-refractivity contribution is -0.132. The van der Waals surface area contributed by atoms with Crippen molar-refractivity contribution in [1.29, 1.82) is 0 Å². The lowest BCUT2D eigenvalue weighted by Crippen LogP contribution is -2.42. The second-order valence-corrected chi connectivity index (χ2v) is 6.96. The molecule has 0 unspecified atom stereocenters. The summed E-state index contributed by atoms with van der Waals surface area (Å²) < 4.78 is 3.95. The van der Waals surface area contributed by atoms with Crippen LogP contribution in [0.25, 0.3) is 0 Å². The Morgan fingerprint density at radius 2 is 2.00 bits per heavy atom. The van der Waals surface area contributed by atoms with Gasteiger partial charge >= 0.3 is 0 Å². The Morgan fingerprint density at radius 1 is 1.25 bits per heavy atom. The van der Waals surface area contributed by atoms with Crippen molar-refractivity contribution in [1.82, 2.24) is 24.5 Å². The molecule has 0 aromatic carbocycles. The van der Waals surface area contributed by atoms with E-state index in [1.165, 1.54) is 5.69 Å². The molecule has 130 valence electrons. The summed E-state index contributed by atoms with van der Waals surface area (Å²) >= 11 is 0. The van der Waals surface area contributed by atoms with E-state index in [2.05, 4.69) is 27.9 Å². The molecule has 1 aliphatic heterocycles. The summed E-state index contributed by atoms with van der Waals surface area (Å²) in [6.45, 7) is 9.69. The first kappa shape index (κ1) is 16.7. The average Bonchev–Trinajstić information content (AvgIpc) is 3.00. The zero-order valence-corrected chi connectivity index (χ0v) is 15.3. The van der Waals surface area contributed by atoms with E-state index in [1.807, 2.05) is 37.4 Å². The molecule has 2 aromatic rings. The third kappa shape index (κ3) is 3.09. The molecule has 24 heavy (non-hydrogen) atoms. The van der Waals surface area contributed by atoms with E-state index in [0.717, 1.165) is 48.6 Å². The van der Waals surface area contributed by atoms with Crippen LogP contribution >= 0.6 is 0 Å². The highest BCUT2D eigenvalue weighted by Gasteiger charge is 2.27. The van der Waals surface area contributed by atoms with Crippen LogP contribution in [0.5, 0.6) is 0 Å². The second kappa shape index (κ2) is 6.42. The molecule has 0 bridgehead atoms. The van der Waals surface area contributed by atoms with Gasteiger partial charge in [0.05, 0.1) is 23.9 Å². The fourth-order valence-corrected chi connectivity index (χ4v) is 3.73. The van der Waals surface area contributed by atoms with Crippen LogP contribution in [0.1, 0.15) is 47.2 Å². The summed E-state index contributed by atoms with van der Waals surface area (Å²) in [7, 11) is 1.93. The fourth-order valence-electron chi connectivity index (χ4n) is 3.73. The van der Waals surface area contributed by atoms with Gasteiger partial charge < -0.3 is 4.90 Å². The number of carbonyl (C=O) groups excluding carboxylic acids is 1. The highest BCUT2D eigenvalue weighted by molar-refractivity contribution is 5.79. The number of nitrogens with zero attached hydrogens (tertiary/aromatic N) is 5. The van der Waals surface area contributed by atoms with Gasteiger partial charge in [-0.1, -0.05) is 0 Å². The van der Waals surface area contributed by atoms with Gasteiger partial charge in [0.15, 0.2) is 0 Å². The molecule has 0 N–H and O–H groups in total. The Kier molecular flexibility index (Phi) is 4.47. The summed E-state index contributed by atoms with van der Waals surface area (Å²) in [6.07, 6.45) is 2.55. The minimum absolute atomic E-state index is 0.195. The summed E-state index contributed by atoms with van der Waals surface area (Å²) in [5.41, 5.74) is 5.31. The predicted octanol–water partition coefficient (Wildman–Crippen LogP) is 2.26. The Hall–Kier alpha value is -2.11. The van der Waals surface area contributed by atoms with E-state index in [9.17, 15) is 4.79 Å². The van der Waals surface area contributed by atoms with Crippen molar-refractivity contribution < 1.29 is 4.79 Å². The minimum Gasteiger partial charge on any atom is -0.340 e. The first-order valence-electron chi connectivity index (χ1n) is 8.66. The van der Waals surface area contributed by atoms with Gasteiger partial charge in [-0.3, -0.25) is 14.2 Å². The number of hydrogen-bond acceptors (Lipinski definition) is 3. The molecule has 1 saturated heterocycles. The lowest BCUT2D eigenvalue weighted by atomic mass is 10.0. The maximum absolute atomic E-state index is 12.8. The standard InChI is InChI=1S/C18H27N5O/c1-12-9-13(2)23(19-12)16-7-6-8-22(11-16)18(24)10-17-14(3)20-21(5)15(17)4/h9,16H,6-8,10-11H2,1-5H3/t16-/m1/s1. The highest BCUT2D eigenvalue weighted by Crippen LogP contribution is 2.24. The monoisotopic (exact) mass is 329 g/mol. The first-order chi connectivity index (χ1) is 11.4. The van der Waals surface area contributed by atoms with Crippen LogP contribution in [0.2, 0.25) is 0 Å². The van der Waals surface area contributed by atoms with Crippen LogP contribution < -0.4 is 0 Å². The quantitative estimate of drug-likeness (QED) is 0.868. The van der Waals surface area contributed by atoms with Crippen LogP contribution in [-0.4, -0.2) is 43.5 Å². The topological polar surface area (TPSA) is 56.0 Å². The van der Waals surface area contributed by atoms with Gasteiger partial charge in [0.25, 0.3) is 0 Å². The molecular formula is C18H27N5O. The third-order valence-electron chi connectivity index (χ3n) is 5.13. The van der Waals surface area contributed by atoms with Gasteiger partial charge in [-0.25, -0.2) is 0 Å². The predicted molar refractivity (Wildman–Crippen MR) is 92.9 cm³/mol. The molecule has 3 rings (SSSR count). The maximum Gasteiger partial charge on any atom is 0.227 e. The number of likely N-dealkylation sites (tertiary alicyclic amines) is 1. The van der Waals surface area contributed by atoms with E-state index in [0.29, 0.717) is 6.42 Å². The summed E-state index contributed by atoms with van der Waals surface area (Å²) in [5, 5.41) is 9.03. The van der Waals surface area contributed by atoms with Crippen molar-refractivity contribution in [2.24, 2.45) is 7.05 Å². The van der Waals surface area contributed by atoms with Crippen molar-refractivity contribution in [3.63, 3.8) is 0 Å². The Bertz CT molecular complexity index is 758. The van der Waals surface area contributed by atoms with Gasteiger partial charge in [-0.15, -0.1) is 0 Å². The Balaban J connectivity index is 1.72. The molecule has 1 aliphatic rings. The van der Waals surface area contributed by atoms with Crippen molar-refractivity contribution >= 4 is 5.91 Å². The molecule has 3 heterocycles. The summed E-state index contributed by atoms with van der Waals surface area (Å²) in [5.74, 6) is 0.195. The van der Waals surface area contributed by atoms with Crippen LogP contribution in [-0.2, 0) is 18.3 Å². The molecule has 0 saturated carbocycles. The van der Waals surface area contributed by atoms with Crippen LogP contribution in [0.15, 0.2) is 6.07 Å². The molecular weight excluding hydrogens is 302 g/mol. The molecule has 1 amide bonds. The van der Waals surface area contributed by atoms with Crippen molar-refractivity contribution in [3.05, 3.63) is 34.4 Å². The van der Waals surface area contributed by atoms with Crippen molar-refractivity contribution in [3.8, 4) is 0 Å². The molecule has 1 fully saturated rings. The molecule has 6 heteroatoms. The minimum atomic E-state index is 0.195. The highest BCUT2D eigenvalue weighted by atomic mass is 16.2. The Labute approximate surface area is 143 Å². The molecule has 0 spiro atoms. The largest absolute Gasteiger partial charge is 0.340 e. The first-order valence-corrected chi connectivity index (χ1v) is 8.66. The van der Waals surface area contributed by atoms with Gasteiger partial charge in [-0.05, 0) is 46.6 Å². The number of amides is 1. The van der Waals surface area contributed by atoms with E-state index >= 15 is 0 Å². The Morgan fingerprint density at radius 3 is 2.58 bits per heavy atom. The average molecular weight is 329 g/mol. The normalized spacial score (nSPS) is 18.2. The summed E-state index contributed by atoms with van der Waals surface area (Å²) in [4.78, 5) is 14.8. The molecule has 6 nitrogen and oxygen atoms in total. The number of aryl methyl sites for hydroxylation is 4. The number of rotatable bonds is 3. The molecule has 0 aliphatic carbocycles. The number of hydrogen-bond donors (Lipinski definition) is 0. The van der Waals surface area contributed by atoms with Crippen LogP contribution in [0.3, 0.4) is 0 Å². The zero-order chi connectivity index (χ0) is 17.4. The number of aromatic nitrogens is 4. The molecule has 0 radical (unpaired) electrons. The van der Waals surface area contributed by atoms with Crippen LogP contribution in [0, 0.1) is 27.7 Å². The van der Waals surface area contributed by atoms with E-state index < -0.39 is 0 Å². The molecule has 1 atom stereocenters. The number of piperidine rings is 1. The summed E-state index contributed by atoms with van der Waals surface area (Å²) in [6, 6.07) is 2.39. The smallest absolute Gasteiger partial charge is 0.227 e. The zero-order valence-electron chi connectivity index (χ0n) is 15.3. The van der Waals surface area contributed by atoms with Gasteiger partial charge in [-0.2, -0.15) is 10.2 Å². The maximum atomic E-state index is 12.8. The van der Waals surface area contributed by atoms with Gasteiger partial charge in [0.2, 0.25) is 5.91 Å². The van der Waals surface area contributed by atoms with E-state index in [4.69, 9.17) is 0 Å². The fraction of sp³-hybridized carbons (Fsp3) is 0.611. The second-order valence-electron chi connectivity index (χ2n) is 6.96. The lowest BCUT2D eigenvalue weighted by Gasteiger charge is -2.33. The van der Waals surface area contributed by atoms with E-state index in [-0.39, 0.29) is 11.9 Å². The SMILES string of the molecule is Cc1cc(C)n([C@@H]2CCCN(C(=O)Cc3c(C)nn(C)c3C)C2)n1. The van der Waals surface area contributed by atoms with Gasteiger partial charge in [0.1, 0.15) is 0 Å². The van der Waals surface area contributed by atoms with Crippen molar-refractivity contribution in [2.45, 2.75) is 53.0 Å².